The lowest BCUT2D eigenvalue weighted by Gasteiger charge is -2.11. The second-order valence-corrected chi connectivity index (χ2v) is 6.05. The fourth-order valence-corrected chi connectivity index (χ4v) is 3.11. The molecule has 6 heteroatoms. The van der Waals surface area contributed by atoms with E-state index in [9.17, 15) is 9.18 Å². The minimum Gasteiger partial charge on any atom is -0.306 e. The second kappa shape index (κ2) is 5.29. The van der Waals surface area contributed by atoms with Crippen LogP contribution in [0.15, 0.2) is 36.5 Å². The normalized spacial score (nSPS) is 11.2. The van der Waals surface area contributed by atoms with Crippen molar-refractivity contribution in [1.82, 2.24) is 9.78 Å². The highest BCUT2D eigenvalue weighted by atomic mass is 32.1. The van der Waals surface area contributed by atoms with Crippen molar-refractivity contribution in [3.05, 3.63) is 47.2 Å². The Labute approximate surface area is 125 Å². The molecule has 0 saturated heterocycles. The van der Waals surface area contributed by atoms with Crippen LogP contribution < -0.4 is 5.32 Å². The molecule has 0 saturated carbocycles. The third kappa shape index (κ3) is 2.54. The molecule has 4 nitrogen and oxygen atoms in total. The molecule has 3 rings (SSSR count). The molecule has 21 heavy (non-hydrogen) atoms. The Morgan fingerprint density at radius 3 is 2.90 bits per heavy atom. The molecule has 2 aromatic heterocycles. The van der Waals surface area contributed by atoms with Gasteiger partial charge in [-0.2, -0.15) is 5.10 Å². The number of fused-ring (bicyclic) bond motifs is 1. The smallest absolute Gasteiger partial charge is 0.266 e. The molecule has 0 bridgehead atoms. The summed E-state index contributed by atoms with van der Waals surface area (Å²) in [6, 6.07) is 8.31. The van der Waals surface area contributed by atoms with Crippen LogP contribution in [0.2, 0.25) is 0 Å². The molecular formula is C15H14FN3OS. The highest BCUT2D eigenvalue weighted by Crippen LogP contribution is 2.28. The standard InChI is InChI=1S/C15H14FN3OS/c1-9(2)19-14(6-7-17-19)18-15(20)13-8-10-11(16)4-3-5-12(10)21-13/h3-9H,1-2H3,(H,18,20). The Kier molecular flexibility index (Phi) is 3.47. The lowest BCUT2D eigenvalue weighted by molar-refractivity contribution is 0.102. The van der Waals surface area contributed by atoms with Crippen molar-refractivity contribution in [2.75, 3.05) is 5.32 Å². The molecule has 0 aliphatic carbocycles. The van der Waals surface area contributed by atoms with Gasteiger partial charge in [0.15, 0.2) is 0 Å². The maximum absolute atomic E-state index is 13.7. The van der Waals surface area contributed by atoms with Gasteiger partial charge in [0.25, 0.3) is 5.91 Å². The number of thiophene rings is 1. The zero-order valence-corrected chi connectivity index (χ0v) is 12.4. The van der Waals surface area contributed by atoms with Gasteiger partial charge in [-0.25, -0.2) is 9.07 Å². The first-order valence-electron chi connectivity index (χ1n) is 6.59. The van der Waals surface area contributed by atoms with Gasteiger partial charge in [-0.15, -0.1) is 11.3 Å². The van der Waals surface area contributed by atoms with Crippen molar-refractivity contribution in [1.29, 1.82) is 0 Å². The molecule has 0 radical (unpaired) electrons. The highest BCUT2D eigenvalue weighted by Gasteiger charge is 2.15. The van der Waals surface area contributed by atoms with Gasteiger partial charge in [0, 0.05) is 22.2 Å². The van der Waals surface area contributed by atoms with Crippen LogP contribution in [0.1, 0.15) is 29.6 Å². The molecule has 0 atom stereocenters. The van der Waals surface area contributed by atoms with Crippen molar-refractivity contribution < 1.29 is 9.18 Å². The van der Waals surface area contributed by atoms with Crippen molar-refractivity contribution in [2.24, 2.45) is 0 Å². The van der Waals surface area contributed by atoms with Gasteiger partial charge >= 0.3 is 0 Å². The van der Waals surface area contributed by atoms with E-state index in [1.54, 1.807) is 35.1 Å². The predicted octanol–water partition coefficient (Wildman–Crippen LogP) is 4.07. The molecule has 0 aliphatic rings. The first kappa shape index (κ1) is 13.8. The Balaban J connectivity index is 1.90. The summed E-state index contributed by atoms with van der Waals surface area (Å²) in [5, 5.41) is 7.46. The highest BCUT2D eigenvalue weighted by molar-refractivity contribution is 7.20. The average molecular weight is 303 g/mol. The summed E-state index contributed by atoms with van der Waals surface area (Å²) in [5.41, 5.74) is 0. The topological polar surface area (TPSA) is 46.9 Å². The van der Waals surface area contributed by atoms with E-state index in [2.05, 4.69) is 10.4 Å². The van der Waals surface area contributed by atoms with E-state index in [1.165, 1.54) is 17.4 Å². The van der Waals surface area contributed by atoms with Gasteiger partial charge in [0.1, 0.15) is 11.6 Å². The number of nitrogens with one attached hydrogen (secondary N) is 1. The third-order valence-corrected chi connectivity index (χ3v) is 4.23. The van der Waals surface area contributed by atoms with E-state index >= 15 is 0 Å². The maximum atomic E-state index is 13.7. The van der Waals surface area contributed by atoms with Crippen LogP contribution in [-0.2, 0) is 0 Å². The van der Waals surface area contributed by atoms with Crippen LogP contribution in [0.5, 0.6) is 0 Å². The minimum atomic E-state index is -0.310. The van der Waals surface area contributed by atoms with Crippen molar-refractivity contribution in [3.8, 4) is 0 Å². The molecule has 108 valence electrons. The molecule has 0 spiro atoms. The molecule has 0 unspecified atom stereocenters. The van der Waals surface area contributed by atoms with Crippen LogP contribution in [0.3, 0.4) is 0 Å². The summed E-state index contributed by atoms with van der Waals surface area (Å²) in [6.07, 6.45) is 1.64. The summed E-state index contributed by atoms with van der Waals surface area (Å²) in [7, 11) is 0. The van der Waals surface area contributed by atoms with E-state index in [-0.39, 0.29) is 17.8 Å². The van der Waals surface area contributed by atoms with E-state index in [0.29, 0.717) is 16.1 Å². The monoisotopic (exact) mass is 303 g/mol. The molecule has 2 heterocycles. The summed E-state index contributed by atoms with van der Waals surface area (Å²) >= 11 is 1.27. The largest absolute Gasteiger partial charge is 0.306 e. The zero-order valence-electron chi connectivity index (χ0n) is 11.6. The molecular weight excluding hydrogens is 289 g/mol. The fraction of sp³-hybridized carbons (Fsp3) is 0.200. The van der Waals surface area contributed by atoms with Gasteiger partial charge in [-0.3, -0.25) is 4.79 Å². The van der Waals surface area contributed by atoms with Gasteiger partial charge in [0.05, 0.1) is 11.1 Å². The first-order valence-corrected chi connectivity index (χ1v) is 7.41. The number of benzene rings is 1. The number of carbonyl (C=O) groups excluding carboxylic acids is 1. The third-order valence-electron chi connectivity index (χ3n) is 3.13. The molecule has 0 fully saturated rings. The fourth-order valence-electron chi connectivity index (χ4n) is 2.14. The van der Waals surface area contributed by atoms with Gasteiger partial charge < -0.3 is 5.32 Å². The van der Waals surface area contributed by atoms with Crippen molar-refractivity contribution >= 4 is 33.1 Å². The summed E-state index contributed by atoms with van der Waals surface area (Å²) in [6.45, 7) is 3.97. The molecule has 3 aromatic rings. The lowest BCUT2D eigenvalue weighted by atomic mass is 10.2. The average Bonchev–Trinajstić information content (AvgIpc) is 3.05. The Hall–Kier alpha value is -2.21. The number of halogens is 1. The molecule has 1 amide bonds. The van der Waals surface area contributed by atoms with Crippen LogP contribution in [0.4, 0.5) is 10.2 Å². The lowest BCUT2D eigenvalue weighted by Crippen LogP contribution is -2.15. The minimum absolute atomic E-state index is 0.148. The van der Waals surface area contributed by atoms with Crippen LogP contribution in [-0.4, -0.2) is 15.7 Å². The number of aromatic nitrogens is 2. The molecule has 1 aromatic carbocycles. The number of anilines is 1. The zero-order chi connectivity index (χ0) is 15.0. The van der Waals surface area contributed by atoms with E-state index in [0.717, 1.165) is 4.70 Å². The number of hydrogen-bond donors (Lipinski definition) is 1. The second-order valence-electron chi connectivity index (χ2n) is 4.97. The van der Waals surface area contributed by atoms with Crippen molar-refractivity contribution in [2.45, 2.75) is 19.9 Å². The van der Waals surface area contributed by atoms with Gasteiger partial charge in [-0.1, -0.05) is 6.07 Å². The number of amides is 1. The summed E-state index contributed by atoms with van der Waals surface area (Å²) in [5.74, 6) is 0.0703. The van der Waals surface area contributed by atoms with E-state index < -0.39 is 0 Å². The quantitative estimate of drug-likeness (QED) is 0.793. The molecule has 1 N–H and O–H groups in total. The van der Waals surface area contributed by atoms with Crippen LogP contribution >= 0.6 is 11.3 Å². The Morgan fingerprint density at radius 1 is 1.38 bits per heavy atom. The predicted molar refractivity (Wildman–Crippen MR) is 82.3 cm³/mol. The summed E-state index contributed by atoms with van der Waals surface area (Å²) < 4.78 is 16.2. The van der Waals surface area contributed by atoms with Gasteiger partial charge in [0.2, 0.25) is 0 Å². The number of carbonyl (C=O) groups is 1. The number of nitrogens with zero attached hydrogens (tertiary/aromatic N) is 2. The van der Waals surface area contributed by atoms with Gasteiger partial charge in [-0.05, 0) is 32.0 Å². The summed E-state index contributed by atoms with van der Waals surface area (Å²) in [4.78, 5) is 12.8. The first-order chi connectivity index (χ1) is 10.1. The Bertz CT molecular complexity index is 806. The van der Waals surface area contributed by atoms with Crippen LogP contribution in [0, 0.1) is 5.82 Å². The van der Waals surface area contributed by atoms with E-state index in [4.69, 9.17) is 0 Å². The number of hydrogen-bond acceptors (Lipinski definition) is 3. The van der Waals surface area contributed by atoms with Crippen molar-refractivity contribution in [3.63, 3.8) is 0 Å². The van der Waals surface area contributed by atoms with Crippen LogP contribution in [0.25, 0.3) is 10.1 Å². The SMILES string of the molecule is CC(C)n1nccc1NC(=O)c1cc2c(F)cccc2s1. The Morgan fingerprint density at radius 2 is 2.19 bits per heavy atom. The maximum Gasteiger partial charge on any atom is 0.266 e. The van der Waals surface area contributed by atoms with E-state index in [1.807, 2.05) is 13.8 Å². The number of rotatable bonds is 3. The molecule has 0 aliphatic heterocycles.